The third kappa shape index (κ3) is 3.04. The number of hydrogen-bond acceptors (Lipinski definition) is 4. The first-order valence-electron chi connectivity index (χ1n) is 7.42. The normalized spacial score (nSPS) is 24.1. The Labute approximate surface area is 120 Å². The second-order valence-corrected chi connectivity index (χ2v) is 5.83. The van der Waals surface area contributed by atoms with Crippen LogP contribution in [-0.4, -0.2) is 48.6 Å². The summed E-state index contributed by atoms with van der Waals surface area (Å²) in [5, 5.41) is 10.3. The summed E-state index contributed by atoms with van der Waals surface area (Å²) in [6, 6.07) is 8.11. The summed E-state index contributed by atoms with van der Waals surface area (Å²) in [7, 11) is 0. The molecule has 2 saturated heterocycles. The molecule has 20 heavy (non-hydrogen) atoms. The van der Waals surface area contributed by atoms with Gasteiger partial charge in [0.05, 0.1) is 19.3 Å². The molecule has 4 heteroatoms. The fraction of sp³-hybridized carbons (Fsp3) is 0.625. The van der Waals surface area contributed by atoms with Gasteiger partial charge in [-0.3, -0.25) is 0 Å². The number of benzene rings is 1. The third-order valence-corrected chi connectivity index (χ3v) is 4.32. The molecule has 1 aromatic rings. The molecule has 2 heterocycles. The first-order chi connectivity index (χ1) is 9.67. The predicted octanol–water partition coefficient (Wildman–Crippen LogP) is 1.87. The van der Waals surface area contributed by atoms with Crippen LogP contribution in [0.2, 0.25) is 0 Å². The number of β-amino-alcohol motifs (C(OH)–C–C–N with tert-alkyl or cyclic N) is 1. The van der Waals surface area contributed by atoms with Crippen LogP contribution in [-0.2, 0) is 9.47 Å². The van der Waals surface area contributed by atoms with Crippen molar-refractivity contribution in [3.05, 3.63) is 35.4 Å². The van der Waals surface area contributed by atoms with Crippen LogP contribution in [0, 0.1) is 6.92 Å². The zero-order valence-corrected chi connectivity index (χ0v) is 12.0. The van der Waals surface area contributed by atoms with Crippen LogP contribution >= 0.6 is 0 Å². The van der Waals surface area contributed by atoms with Crippen LogP contribution in [0.1, 0.15) is 30.1 Å². The highest BCUT2D eigenvalue weighted by Gasteiger charge is 2.39. The molecule has 0 aliphatic carbocycles. The van der Waals surface area contributed by atoms with E-state index in [2.05, 4.69) is 11.8 Å². The first-order valence-corrected chi connectivity index (χ1v) is 7.42. The first kappa shape index (κ1) is 14.0. The van der Waals surface area contributed by atoms with Crippen molar-refractivity contribution < 1.29 is 14.6 Å². The van der Waals surface area contributed by atoms with E-state index < -0.39 is 6.10 Å². The lowest BCUT2D eigenvalue weighted by Gasteiger charge is -2.38. The average molecular weight is 277 g/mol. The molecule has 1 atom stereocenters. The second-order valence-electron chi connectivity index (χ2n) is 5.83. The van der Waals surface area contributed by atoms with Crippen LogP contribution < -0.4 is 0 Å². The Hall–Kier alpha value is -0.940. The summed E-state index contributed by atoms with van der Waals surface area (Å²) >= 11 is 0. The number of rotatable bonds is 3. The van der Waals surface area contributed by atoms with Gasteiger partial charge in [0, 0.05) is 32.5 Å². The maximum absolute atomic E-state index is 10.3. The van der Waals surface area contributed by atoms with Gasteiger partial charge in [-0.2, -0.15) is 0 Å². The van der Waals surface area contributed by atoms with Crippen molar-refractivity contribution in [2.24, 2.45) is 0 Å². The highest BCUT2D eigenvalue weighted by atomic mass is 16.7. The zero-order valence-electron chi connectivity index (χ0n) is 12.0. The Kier molecular flexibility index (Phi) is 4.08. The molecule has 4 nitrogen and oxygen atoms in total. The van der Waals surface area contributed by atoms with Crippen molar-refractivity contribution in [2.75, 3.05) is 32.8 Å². The quantitative estimate of drug-likeness (QED) is 0.916. The van der Waals surface area contributed by atoms with Gasteiger partial charge in [-0.25, -0.2) is 0 Å². The fourth-order valence-corrected chi connectivity index (χ4v) is 3.00. The topological polar surface area (TPSA) is 41.9 Å². The molecular weight excluding hydrogens is 254 g/mol. The van der Waals surface area contributed by atoms with E-state index in [1.807, 2.05) is 24.3 Å². The Bertz CT molecular complexity index is 430. The Morgan fingerprint density at radius 2 is 1.75 bits per heavy atom. The van der Waals surface area contributed by atoms with Gasteiger partial charge in [0.1, 0.15) is 0 Å². The number of likely N-dealkylation sites (tertiary alicyclic amines) is 1. The van der Waals surface area contributed by atoms with Crippen molar-refractivity contribution >= 4 is 0 Å². The molecule has 2 aliphatic rings. The van der Waals surface area contributed by atoms with E-state index in [1.165, 1.54) is 5.56 Å². The number of hydrogen-bond donors (Lipinski definition) is 1. The van der Waals surface area contributed by atoms with E-state index in [-0.39, 0.29) is 5.79 Å². The van der Waals surface area contributed by atoms with E-state index >= 15 is 0 Å². The Morgan fingerprint density at radius 3 is 2.35 bits per heavy atom. The van der Waals surface area contributed by atoms with Gasteiger partial charge in [-0.15, -0.1) is 0 Å². The maximum atomic E-state index is 10.3. The number of ether oxygens (including phenoxy) is 2. The number of aliphatic hydroxyl groups is 1. The number of aryl methyl sites for hydroxylation is 1. The van der Waals surface area contributed by atoms with E-state index in [9.17, 15) is 5.11 Å². The molecule has 2 fully saturated rings. The van der Waals surface area contributed by atoms with Crippen LogP contribution in [0.3, 0.4) is 0 Å². The minimum absolute atomic E-state index is 0.328. The smallest absolute Gasteiger partial charge is 0.170 e. The van der Waals surface area contributed by atoms with Gasteiger partial charge >= 0.3 is 0 Å². The van der Waals surface area contributed by atoms with Crippen LogP contribution in [0.4, 0.5) is 0 Å². The highest BCUT2D eigenvalue weighted by Crippen LogP contribution is 2.31. The molecule has 2 aliphatic heterocycles. The molecule has 1 N–H and O–H groups in total. The van der Waals surface area contributed by atoms with Crippen molar-refractivity contribution in [3.8, 4) is 0 Å². The van der Waals surface area contributed by atoms with Gasteiger partial charge in [0.15, 0.2) is 5.79 Å². The lowest BCUT2D eigenvalue weighted by molar-refractivity contribution is -0.186. The van der Waals surface area contributed by atoms with Gasteiger partial charge in [-0.1, -0.05) is 29.8 Å². The molecule has 1 unspecified atom stereocenters. The minimum Gasteiger partial charge on any atom is -0.387 e. The van der Waals surface area contributed by atoms with Gasteiger partial charge in [0.25, 0.3) is 0 Å². The second kappa shape index (κ2) is 5.82. The number of nitrogens with zero attached hydrogens (tertiary/aromatic N) is 1. The zero-order chi connectivity index (χ0) is 14.0. The van der Waals surface area contributed by atoms with E-state index in [1.54, 1.807) is 0 Å². The fourth-order valence-electron chi connectivity index (χ4n) is 3.00. The van der Waals surface area contributed by atoms with Crippen molar-refractivity contribution in [1.29, 1.82) is 0 Å². The van der Waals surface area contributed by atoms with Crippen molar-refractivity contribution in [1.82, 2.24) is 4.90 Å². The third-order valence-electron chi connectivity index (χ3n) is 4.32. The molecule has 0 saturated carbocycles. The molecule has 0 radical (unpaired) electrons. The van der Waals surface area contributed by atoms with E-state index in [0.29, 0.717) is 19.8 Å². The Morgan fingerprint density at radius 1 is 1.15 bits per heavy atom. The van der Waals surface area contributed by atoms with Gasteiger partial charge < -0.3 is 19.5 Å². The summed E-state index contributed by atoms with van der Waals surface area (Å²) in [4.78, 5) is 2.29. The molecular formula is C16H23NO3. The molecule has 1 spiro atoms. The standard InChI is InChI=1S/C16H23NO3/c1-13-2-4-14(5-3-13)15(18)12-17-8-6-16(7-9-17)19-10-11-20-16/h2-5,15,18H,6-12H2,1H3. The van der Waals surface area contributed by atoms with E-state index in [4.69, 9.17) is 9.47 Å². The van der Waals surface area contributed by atoms with E-state index in [0.717, 1.165) is 31.5 Å². The summed E-state index contributed by atoms with van der Waals surface area (Å²) in [6.07, 6.45) is 1.37. The Balaban J connectivity index is 1.52. The number of aliphatic hydroxyl groups excluding tert-OH is 1. The minimum atomic E-state index is -0.421. The molecule has 1 aromatic carbocycles. The monoisotopic (exact) mass is 277 g/mol. The van der Waals surface area contributed by atoms with Gasteiger partial charge in [-0.05, 0) is 12.5 Å². The van der Waals surface area contributed by atoms with Crippen LogP contribution in [0.5, 0.6) is 0 Å². The molecule has 0 aromatic heterocycles. The van der Waals surface area contributed by atoms with Crippen LogP contribution in [0.15, 0.2) is 24.3 Å². The molecule has 0 bridgehead atoms. The number of piperidine rings is 1. The molecule has 3 rings (SSSR count). The van der Waals surface area contributed by atoms with Crippen LogP contribution in [0.25, 0.3) is 0 Å². The van der Waals surface area contributed by atoms with Crippen molar-refractivity contribution in [3.63, 3.8) is 0 Å². The van der Waals surface area contributed by atoms with Crippen molar-refractivity contribution in [2.45, 2.75) is 31.7 Å². The lowest BCUT2D eigenvalue weighted by atomic mass is 10.0. The maximum Gasteiger partial charge on any atom is 0.170 e. The SMILES string of the molecule is Cc1ccc(C(O)CN2CCC3(CC2)OCCO3)cc1. The lowest BCUT2D eigenvalue weighted by Crippen LogP contribution is -2.46. The highest BCUT2D eigenvalue weighted by molar-refractivity contribution is 5.23. The molecule has 110 valence electrons. The summed E-state index contributed by atoms with van der Waals surface area (Å²) in [5.74, 6) is -0.328. The predicted molar refractivity (Wildman–Crippen MR) is 76.4 cm³/mol. The summed E-state index contributed by atoms with van der Waals surface area (Å²) in [5.41, 5.74) is 2.21. The summed E-state index contributed by atoms with van der Waals surface area (Å²) in [6.45, 7) is 6.00. The average Bonchev–Trinajstić information content (AvgIpc) is 2.91. The molecule has 0 amide bonds. The van der Waals surface area contributed by atoms with Gasteiger partial charge in [0.2, 0.25) is 0 Å². The summed E-state index contributed by atoms with van der Waals surface area (Å²) < 4.78 is 11.4. The largest absolute Gasteiger partial charge is 0.387 e.